The van der Waals surface area contributed by atoms with E-state index >= 15 is 0 Å². The van der Waals surface area contributed by atoms with Gasteiger partial charge in [-0.1, -0.05) is 23.7 Å². The minimum absolute atomic E-state index is 0.150. The van der Waals surface area contributed by atoms with Gasteiger partial charge in [-0.3, -0.25) is 0 Å². The summed E-state index contributed by atoms with van der Waals surface area (Å²) >= 11 is 5.85. The normalized spacial score (nSPS) is 12.4. The average Bonchev–Trinajstić information content (AvgIpc) is 3.05. The molecule has 1 aliphatic rings. The quantitative estimate of drug-likeness (QED) is 0.453. The number of rotatable bonds is 6. The van der Waals surface area contributed by atoms with Crippen molar-refractivity contribution in [3.63, 3.8) is 0 Å². The topological polar surface area (TPSA) is 54.0 Å². The molecule has 0 aromatic heterocycles. The first-order valence-electron chi connectivity index (χ1n) is 7.33. The van der Waals surface area contributed by atoms with E-state index in [9.17, 15) is 4.79 Å². The maximum atomic E-state index is 11.7. The van der Waals surface area contributed by atoms with Crippen LogP contribution in [-0.2, 0) is 9.53 Å². The van der Waals surface area contributed by atoms with Gasteiger partial charge in [0.15, 0.2) is 11.5 Å². The monoisotopic (exact) mass is 346 g/mol. The van der Waals surface area contributed by atoms with Gasteiger partial charge < -0.3 is 18.9 Å². The summed E-state index contributed by atoms with van der Waals surface area (Å²) in [6.07, 6.45) is 3.01. The Labute approximate surface area is 144 Å². The first-order valence-corrected chi connectivity index (χ1v) is 7.71. The molecule has 0 fully saturated rings. The lowest BCUT2D eigenvalue weighted by Gasteiger charge is -2.06. The Bertz CT molecular complexity index is 757. The Morgan fingerprint density at radius 2 is 2.00 bits per heavy atom. The highest BCUT2D eigenvalue weighted by atomic mass is 35.5. The van der Waals surface area contributed by atoms with Crippen LogP contribution in [0.1, 0.15) is 5.56 Å². The molecule has 6 heteroatoms. The SMILES string of the molecule is O=C(/C=C/c1ccc2c(c1)OCO2)OCCOc1cccc(Cl)c1. The number of ether oxygens (including phenoxy) is 4. The van der Waals surface area contributed by atoms with Crippen LogP contribution in [0.5, 0.6) is 17.2 Å². The van der Waals surface area contributed by atoms with Gasteiger partial charge in [0, 0.05) is 11.1 Å². The Hall–Kier alpha value is -2.66. The number of benzene rings is 2. The molecule has 1 aliphatic heterocycles. The lowest BCUT2D eigenvalue weighted by atomic mass is 10.2. The third kappa shape index (κ3) is 4.43. The Morgan fingerprint density at radius 1 is 1.12 bits per heavy atom. The molecule has 124 valence electrons. The molecular formula is C18H15ClO5. The second-order valence-corrected chi connectivity index (χ2v) is 5.36. The summed E-state index contributed by atoms with van der Waals surface area (Å²) < 4.78 is 21.0. The highest BCUT2D eigenvalue weighted by Crippen LogP contribution is 2.32. The van der Waals surface area contributed by atoms with Crippen LogP contribution in [0.25, 0.3) is 6.08 Å². The molecule has 2 aromatic carbocycles. The molecule has 0 saturated carbocycles. The molecule has 0 bridgehead atoms. The van der Waals surface area contributed by atoms with E-state index in [0.29, 0.717) is 22.3 Å². The van der Waals surface area contributed by atoms with Gasteiger partial charge >= 0.3 is 5.97 Å². The van der Waals surface area contributed by atoms with Crippen molar-refractivity contribution in [2.45, 2.75) is 0 Å². The van der Waals surface area contributed by atoms with Crippen LogP contribution in [0.15, 0.2) is 48.5 Å². The predicted molar refractivity (Wildman–Crippen MR) is 89.5 cm³/mol. The summed E-state index contributed by atoms with van der Waals surface area (Å²) in [6, 6.07) is 12.5. The fraction of sp³-hybridized carbons (Fsp3) is 0.167. The molecule has 0 unspecified atom stereocenters. The van der Waals surface area contributed by atoms with Gasteiger partial charge in [-0.2, -0.15) is 0 Å². The van der Waals surface area contributed by atoms with Gasteiger partial charge in [-0.15, -0.1) is 0 Å². The predicted octanol–water partition coefficient (Wildman–Crippen LogP) is 3.70. The van der Waals surface area contributed by atoms with Crippen LogP contribution >= 0.6 is 11.6 Å². The van der Waals surface area contributed by atoms with Crippen LogP contribution in [0.2, 0.25) is 5.02 Å². The lowest BCUT2D eigenvalue weighted by Crippen LogP contribution is -2.10. The Kier molecular flexibility index (Phi) is 5.23. The second kappa shape index (κ2) is 7.75. The maximum absolute atomic E-state index is 11.7. The van der Waals surface area contributed by atoms with E-state index < -0.39 is 5.97 Å². The van der Waals surface area contributed by atoms with Gasteiger partial charge in [0.05, 0.1) is 0 Å². The van der Waals surface area contributed by atoms with Crippen LogP contribution in [0.4, 0.5) is 0 Å². The minimum atomic E-state index is -0.442. The van der Waals surface area contributed by atoms with Gasteiger partial charge in [0.2, 0.25) is 6.79 Å². The van der Waals surface area contributed by atoms with E-state index in [-0.39, 0.29) is 20.0 Å². The van der Waals surface area contributed by atoms with E-state index in [4.69, 9.17) is 30.5 Å². The zero-order valence-electron chi connectivity index (χ0n) is 12.7. The largest absolute Gasteiger partial charge is 0.490 e. The van der Waals surface area contributed by atoms with Crippen molar-refractivity contribution < 1.29 is 23.7 Å². The third-order valence-electron chi connectivity index (χ3n) is 3.20. The smallest absolute Gasteiger partial charge is 0.330 e. The molecule has 0 N–H and O–H groups in total. The fourth-order valence-electron chi connectivity index (χ4n) is 2.09. The van der Waals surface area contributed by atoms with Gasteiger partial charge in [-0.05, 0) is 42.0 Å². The fourth-order valence-corrected chi connectivity index (χ4v) is 2.27. The molecule has 5 nitrogen and oxygen atoms in total. The second-order valence-electron chi connectivity index (χ2n) is 4.92. The van der Waals surface area contributed by atoms with Crippen LogP contribution in [-0.4, -0.2) is 26.0 Å². The summed E-state index contributed by atoms with van der Waals surface area (Å²) in [4.78, 5) is 11.7. The summed E-state index contributed by atoms with van der Waals surface area (Å²) in [6.45, 7) is 0.623. The van der Waals surface area contributed by atoms with Crippen molar-refractivity contribution in [1.82, 2.24) is 0 Å². The highest BCUT2D eigenvalue weighted by molar-refractivity contribution is 6.30. The van der Waals surface area contributed by atoms with Gasteiger partial charge in [-0.25, -0.2) is 4.79 Å². The molecular weight excluding hydrogens is 332 g/mol. The highest BCUT2D eigenvalue weighted by Gasteiger charge is 2.12. The maximum Gasteiger partial charge on any atom is 0.330 e. The van der Waals surface area contributed by atoms with E-state index in [0.717, 1.165) is 5.56 Å². The molecule has 0 saturated heterocycles. The zero-order chi connectivity index (χ0) is 16.8. The Morgan fingerprint density at radius 3 is 2.88 bits per heavy atom. The number of carbonyl (C=O) groups is 1. The van der Waals surface area contributed by atoms with Crippen LogP contribution in [0, 0.1) is 0 Å². The first-order chi connectivity index (χ1) is 11.7. The van der Waals surface area contributed by atoms with Gasteiger partial charge in [0.25, 0.3) is 0 Å². The van der Waals surface area contributed by atoms with Crippen LogP contribution in [0.3, 0.4) is 0 Å². The van der Waals surface area contributed by atoms with Crippen molar-refractivity contribution in [2.24, 2.45) is 0 Å². The number of fused-ring (bicyclic) bond motifs is 1. The zero-order valence-corrected chi connectivity index (χ0v) is 13.5. The molecule has 1 heterocycles. The molecule has 0 spiro atoms. The third-order valence-corrected chi connectivity index (χ3v) is 3.44. The van der Waals surface area contributed by atoms with Crippen molar-refractivity contribution in [2.75, 3.05) is 20.0 Å². The van der Waals surface area contributed by atoms with Crippen LogP contribution < -0.4 is 14.2 Å². The van der Waals surface area contributed by atoms with E-state index in [1.165, 1.54) is 6.08 Å². The molecule has 0 radical (unpaired) electrons. The number of esters is 1. The number of carbonyl (C=O) groups excluding carboxylic acids is 1. The van der Waals surface area contributed by atoms with Crippen molar-refractivity contribution in [3.05, 3.63) is 59.1 Å². The molecule has 3 rings (SSSR count). The van der Waals surface area contributed by atoms with E-state index in [1.54, 1.807) is 42.5 Å². The number of halogens is 1. The van der Waals surface area contributed by atoms with E-state index in [2.05, 4.69) is 0 Å². The molecule has 0 amide bonds. The van der Waals surface area contributed by atoms with Gasteiger partial charge in [0.1, 0.15) is 19.0 Å². The minimum Gasteiger partial charge on any atom is -0.490 e. The van der Waals surface area contributed by atoms with Crippen molar-refractivity contribution >= 4 is 23.6 Å². The number of hydrogen-bond acceptors (Lipinski definition) is 5. The molecule has 0 atom stereocenters. The summed E-state index contributed by atoms with van der Waals surface area (Å²) in [5.74, 6) is 1.56. The molecule has 2 aromatic rings. The molecule has 24 heavy (non-hydrogen) atoms. The average molecular weight is 347 g/mol. The van der Waals surface area contributed by atoms with Crippen molar-refractivity contribution in [3.8, 4) is 17.2 Å². The standard InChI is InChI=1S/C18H15ClO5/c19-14-2-1-3-15(11-14)21-8-9-22-18(20)7-5-13-4-6-16-17(10-13)24-12-23-16/h1-7,10-11H,8-9,12H2/b7-5+. The lowest BCUT2D eigenvalue weighted by molar-refractivity contribution is -0.138. The molecule has 0 aliphatic carbocycles. The summed E-state index contributed by atoms with van der Waals surface area (Å²) in [5, 5.41) is 0.594. The number of hydrogen-bond donors (Lipinski definition) is 0. The first kappa shape index (κ1) is 16.2. The Balaban J connectivity index is 1.42. The van der Waals surface area contributed by atoms with Crippen molar-refractivity contribution in [1.29, 1.82) is 0 Å². The van der Waals surface area contributed by atoms with E-state index in [1.807, 2.05) is 6.07 Å². The summed E-state index contributed by atoms with van der Waals surface area (Å²) in [5.41, 5.74) is 0.825. The summed E-state index contributed by atoms with van der Waals surface area (Å²) in [7, 11) is 0.